The van der Waals surface area contributed by atoms with E-state index in [1.165, 1.54) is 12.0 Å². The Morgan fingerprint density at radius 2 is 1.76 bits per heavy atom. The number of nitrogens with one attached hydrogen (secondary N) is 1. The number of carbonyl (C=O) groups excluding carboxylic acids is 1. The zero-order valence-electron chi connectivity index (χ0n) is 19.2. The highest BCUT2D eigenvalue weighted by molar-refractivity contribution is 5.75. The van der Waals surface area contributed by atoms with Crippen LogP contribution in [-0.2, 0) is 4.79 Å². The Bertz CT molecular complexity index is 786. The summed E-state index contributed by atoms with van der Waals surface area (Å²) in [6.45, 7) is 4.17. The lowest BCUT2D eigenvalue weighted by Crippen LogP contribution is -2.35. The van der Waals surface area contributed by atoms with Gasteiger partial charge < -0.3 is 19.7 Å². The van der Waals surface area contributed by atoms with Crippen molar-refractivity contribution in [3.63, 3.8) is 0 Å². The van der Waals surface area contributed by atoms with Crippen LogP contribution in [0.3, 0.4) is 0 Å². The van der Waals surface area contributed by atoms with Crippen molar-refractivity contribution in [1.29, 1.82) is 0 Å². The number of amides is 1. The molecule has 1 aromatic rings. The molecule has 1 N–H and O–H groups in total. The van der Waals surface area contributed by atoms with E-state index in [0.29, 0.717) is 31.1 Å². The summed E-state index contributed by atoms with van der Waals surface area (Å²) in [5.41, 5.74) is 1.29. The number of rotatable bonds is 8. The lowest BCUT2D eigenvalue weighted by molar-refractivity contribution is -0.144. The van der Waals surface area contributed by atoms with Gasteiger partial charge in [-0.3, -0.25) is 4.79 Å². The highest BCUT2D eigenvalue weighted by Gasteiger charge is 2.29. The topological polar surface area (TPSA) is 50.8 Å². The predicted octanol–water partition coefficient (Wildman–Crippen LogP) is 5.25. The Labute approximate surface area is 194 Å². The van der Waals surface area contributed by atoms with E-state index >= 15 is 0 Å². The van der Waals surface area contributed by atoms with Crippen LogP contribution in [-0.4, -0.2) is 50.0 Å². The lowest BCUT2D eigenvalue weighted by Gasteiger charge is -2.34. The third kappa shape index (κ3) is 7.01. The summed E-state index contributed by atoms with van der Waals surface area (Å²) in [6, 6.07) is 6.20. The van der Waals surface area contributed by atoms with E-state index in [4.69, 9.17) is 9.47 Å². The minimum atomic E-state index is -4.27. The monoisotopic (exact) mass is 468 g/mol. The van der Waals surface area contributed by atoms with E-state index in [0.717, 1.165) is 69.7 Å². The number of nitrogens with zero attached hydrogens (tertiary/aromatic N) is 1. The fourth-order valence-corrected chi connectivity index (χ4v) is 5.43. The molecule has 0 atom stereocenters. The van der Waals surface area contributed by atoms with Gasteiger partial charge >= 0.3 is 6.18 Å². The van der Waals surface area contributed by atoms with Gasteiger partial charge in [-0.05, 0) is 75.6 Å². The summed E-state index contributed by atoms with van der Waals surface area (Å²) in [7, 11) is 0. The van der Waals surface area contributed by atoms with E-state index in [-0.39, 0.29) is 0 Å². The SMILES string of the molecule is O=C(CCC(F)(F)F)NCC1CCC(CCN2CCC(c3cccc4c3OCO4)CC2)CC1. The second kappa shape index (κ2) is 11.0. The summed E-state index contributed by atoms with van der Waals surface area (Å²) in [6.07, 6.45) is 2.09. The highest BCUT2D eigenvalue weighted by atomic mass is 19.4. The number of alkyl halides is 3. The van der Waals surface area contributed by atoms with E-state index in [1.807, 2.05) is 6.07 Å². The van der Waals surface area contributed by atoms with Crippen LogP contribution in [0.5, 0.6) is 11.5 Å². The molecule has 0 bridgehead atoms. The van der Waals surface area contributed by atoms with Gasteiger partial charge in [0.25, 0.3) is 0 Å². The summed E-state index contributed by atoms with van der Waals surface area (Å²) in [5.74, 6) is 2.95. The molecular formula is C25H35F3N2O3. The van der Waals surface area contributed by atoms with Gasteiger partial charge in [-0.25, -0.2) is 0 Å². The molecule has 2 heterocycles. The Balaban J connectivity index is 1.10. The van der Waals surface area contributed by atoms with Crippen LogP contribution in [0.2, 0.25) is 0 Å². The Hall–Kier alpha value is -1.96. The molecule has 2 aliphatic heterocycles. The molecule has 1 aliphatic carbocycles. The largest absolute Gasteiger partial charge is 0.454 e. The standard InChI is InChI=1S/C25H35F3N2O3/c26-25(27,28)12-8-23(31)29-16-19-6-4-18(5-7-19)9-13-30-14-10-20(11-15-30)21-2-1-3-22-24(21)33-17-32-22/h1-3,18-20H,4-17H2,(H,29,31). The Morgan fingerprint density at radius 3 is 2.48 bits per heavy atom. The quantitative estimate of drug-likeness (QED) is 0.566. The molecule has 1 aromatic carbocycles. The summed E-state index contributed by atoms with van der Waals surface area (Å²) in [4.78, 5) is 14.2. The Morgan fingerprint density at radius 1 is 1.03 bits per heavy atom. The Kier molecular flexibility index (Phi) is 8.04. The number of halogens is 3. The smallest absolute Gasteiger partial charge is 0.389 e. The maximum Gasteiger partial charge on any atom is 0.389 e. The summed E-state index contributed by atoms with van der Waals surface area (Å²) < 4.78 is 47.9. The molecule has 0 unspecified atom stereocenters. The first-order valence-electron chi connectivity index (χ1n) is 12.3. The van der Waals surface area contributed by atoms with Crippen molar-refractivity contribution in [2.24, 2.45) is 11.8 Å². The lowest BCUT2D eigenvalue weighted by atomic mass is 9.80. The van der Waals surface area contributed by atoms with Gasteiger partial charge in [-0.2, -0.15) is 13.2 Å². The molecule has 5 nitrogen and oxygen atoms in total. The van der Waals surface area contributed by atoms with Gasteiger partial charge in [0.2, 0.25) is 12.7 Å². The van der Waals surface area contributed by atoms with Crippen LogP contribution in [0.1, 0.15) is 69.3 Å². The number of hydrogen-bond acceptors (Lipinski definition) is 4. The van der Waals surface area contributed by atoms with E-state index in [2.05, 4.69) is 22.3 Å². The minimum absolute atomic E-state index is 0.317. The van der Waals surface area contributed by atoms with Crippen molar-refractivity contribution < 1.29 is 27.4 Å². The zero-order valence-corrected chi connectivity index (χ0v) is 19.2. The fourth-order valence-electron chi connectivity index (χ4n) is 5.43. The van der Waals surface area contributed by atoms with Gasteiger partial charge in [0.05, 0.1) is 6.42 Å². The molecule has 4 rings (SSSR count). The number of fused-ring (bicyclic) bond motifs is 1. The molecule has 33 heavy (non-hydrogen) atoms. The van der Waals surface area contributed by atoms with Crippen LogP contribution in [0, 0.1) is 11.8 Å². The first-order valence-corrected chi connectivity index (χ1v) is 12.3. The maximum atomic E-state index is 12.2. The molecule has 184 valence electrons. The number of hydrogen-bond donors (Lipinski definition) is 1. The van der Waals surface area contributed by atoms with E-state index < -0.39 is 24.9 Å². The van der Waals surface area contributed by atoms with Gasteiger partial charge in [-0.15, -0.1) is 0 Å². The number of benzene rings is 1. The molecule has 2 fully saturated rings. The predicted molar refractivity (Wildman–Crippen MR) is 119 cm³/mol. The van der Waals surface area contributed by atoms with Crippen molar-refractivity contribution in [2.75, 3.05) is 33.0 Å². The van der Waals surface area contributed by atoms with E-state index in [1.54, 1.807) is 0 Å². The third-order valence-corrected chi connectivity index (χ3v) is 7.50. The van der Waals surface area contributed by atoms with Crippen molar-refractivity contribution in [1.82, 2.24) is 10.2 Å². The van der Waals surface area contributed by atoms with Crippen LogP contribution >= 0.6 is 0 Å². The molecule has 0 aromatic heterocycles. The van der Waals surface area contributed by atoms with Crippen LogP contribution in [0.15, 0.2) is 18.2 Å². The van der Waals surface area contributed by atoms with Gasteiger partial charge in [-0.1, -0.05) is 25.0 Å². The molecule has 1 amide bonds. The van der Waals surface area contributed by atoms with Crippen molar-refractivity contribution >= 4 is 5.91 Å². The maximum absolute atomic E-state index is 12.2. The first-order chi connectivity index (χ1) is 15.9. The zero-order chi connectivity index (χ0) is 23.3. The normalized spacial score (nSPS) is 24.1. The van der Waals surface area contributed by atoms with Crippen molar-refractivity contribution in [2.45, 2.75) is 69.9 Å². The molecular weight excluding hydrogens is 433 g/mol. The average Bonchev–Trinajstić information content (AvgIpc) is 3.30. The number of ether oxygens (including phenoxy) is 2. The van der Waals surface area contributed by atoms with Crippen LogP contribution in [0.4, 0.5) is 13.2 Å². The van der Waals surface area contributed by atoms with Gasteiger partial charge in [0.1, 0.15) is 0 Å². The summed E-state index contributed by atoms with van der Waals surface area (Å²) in [5, 5.41) is 2.69. The molecule has 1 saturated carbocycles. The second-order valence-corrected chi connectivity index (χ2v) is 9.79. The molecule has 3 aliphatic rings. The number of carbonyl (C=O) groups is 1. The molecule has 0 radical (unpaired) electrons. The number of piperidine rings is 1. The average molecular weight is 469 g/mol. The molecule has 0 spiro atoms. The molecule has 1 saturated heterocycles. The highest BCUT2D eigenvalue weighted by Crippen LogP contribution is 2.42. The second-order valence-electron chi connectivity index (χ2n) is 9.79. The molecule has 8 heteroatoms. The number of para-hydroxylation sites is 1. The fraction of sp³-hybridized carbons (Fsp3) is 0.720. The van der Waals surface area contributed by atoms with E-state index in [9.17, 15) is 18.0 Å². The van der Waals surface area contributed by atoms with Crippen molar-refractivity contribution in [3.05, 3.63) is 23.8 Å². The van der Waals surface area contributed by atoms with Crippen LogP contribution in [0.25, 0.3) is 0 Å². The van der Waals surface area contributed by atoms with Gasteiger partial charge in [0, 0.05) is 18.5 Å². The first kappa shape index (κ1) is 24.2. The van der Waals surface area contributed by atoms with Crippen LogP contribution < -0.4 is 14.8 Å². The summed E-state index contributed by atoms with van der Waals surface area (Å²) >= 11 is 0. The van der Waals surface area contributed by atoms with Crippen molar-refractivity contribution in [3.8, 4) is 11.5 Å². The van der Waals surface area contributed by atoms with Gasteiger partial charge in [0.15, 0.2) is 11.5 Å². The third-order valence-electron chi connectivity index (χ3n) is 7.50. The minimum Gasteiger partial charge on any atom is -0.454 e. The number of likely N-dealkylation sites (tertiary alicyclic amines) is 1.